The molecule has 7 rings (SSSR count). The topological polar surface area (TPSA) is 195 Å². The van der Waals surface area contributed by atoms with Gasteiger partial charge in [-0.15, -0.1) is 0 Å². The van der Waals surface area contributed by atoms with Crippen LogP contribution in [0.2, 0.25) is 10.0 Å². The molecule has 2 aliphatic heterocycles. The van der Waals surface area contributed by atoms with Gasteiger partial charge in [0.15, 0.2) is 17.2 Å². The number of rotatable bonds is 30. The molecule has 2 saturated heterocycles. The summed E-state index contributed by atoms with van der Waals surface area (Å²) in [6.07, 6.45) is 17.8. The zero-order valence-electron chi connectivity index (χ0n) is 39.4. The molecule has 1 spiro atoms. The van der Waals surface area contributed by atoms with E-state index in [4.69, 9.17) is 66.2 Å². The molecular formula is C50H65Cl2N6O9P. The molecule has 0 amide bonds. The first kappa shape index (κ1) is 52.0. The average molecular weight is 996 g/mol. The Hall–Kier alpha value is -3.83. The van der Waals surface area contributed by atoms with Crippen LogP contribution in [0.3, 0.4) is 0 Å². The molecule has 2 unspecified atom stereocenters. The number of fused-ring (bicyclic) bond motifs is 1. The standard InChI is InChI=1S/C50H65Cl2N6O9P/c1-4-5-6-7-8-9-10-11-12-13-14-15-16-17-18-21-28-60-32-38(61-31-36-24-25-37(30-53)40(52)29-36)33-62-68(59,65-42-23-20-19-22-39(42)51)66-45-44-50(45)47(64-48(2,3)67-50)49(34-54,63-44)43-27-26-41-46(55)56-35-57-58(41)43/h19-20,22-27,29,35,38,44-45,47H,4-18,21,28,31-33H2,1-3H3,(H2,55,56,57)/t38-,44-,45?,47+,49+,50+,68?/m1/s1. The van der Waals surface area contributed by atoms with Crippen molar-refractivity contribution in [2.45, 2.75) is 172 Å². The smallest absolute Gasteiger partial charge is 0.402 e. The van der Waals surface area contributed by atoms with E-state index in [9.17, 15) is 10.5 Å². The van der Waals surface area contributed by atoms with Crippen molar-refractivity contribution in [1.29, 1.82) is 10.5 Å². The van der Waals surface area contributed by atoms with Crippen LogP contribution in [0.25, 0.3) is 5.52 Å². The van der Waals surface area contributed by atoms with Gasteiger partial charge in [0.05, 0.1) is 41.1 Å². The maximum atomic E-state index is 15.0. The van der Waals surface area contributed by atoms with E-state index in [1.54, 1.807) is 68.4 Å². The Morgan fingerprint density at radius 1 is 0.868 bits per heavy atom. The Kier molecular flexibility index (Phi) is 18.2. The van der Waals surface area contributed by atoms with Gasteiger partial charge in [0.25, 0.3) is 0 Å². The van der Waals surface area contributed by atoms with E-state index in [0.29, 0.717) is 34.0 Å². The number of phosphoric acid groups is 1. The Morgan fingerprint density at radius 2 is 1.54 bits per heavy atom. The number of nitriles is 2. The van der Waals surface area contributed by atoms with E-state index in [-0.39, 0.29) is 36.4 Å². The summed E-state index contributed by atoms with van der Waals surface area (Å²) in [7, 11) is -4.63. The summed E-state index contributed by atoms with van der Waals surface area (Å²) < 4.78 is 67.0. The monoisotopic (exact) mass is 994 g/mol. The third-order valence-electron chi connectivity index (χ3n) is 12.8. The van der Waals surface area contributed by atoms with Gasteiger partial charge in [-0.2, -0.15) is 15.6 Å². The molecule has 4 heterocycles. The minimum atomic E-state index is -4.63. The maximum absolute atomic E-state index is 15.0. The van der Waals surface area contributed by atoms with Crippen LogP contribution in [-0.4, -0.2) is 70.2 Å². The van der Waals surface area contributed by atoms with E-state index < -0.39 is 49.2 Å². The Bertz CT molecular complexity index is 2430. The summed E-state index contributed by atoms with van der Waals surface area (Å²) in [6, 6.07) is 19.3. The van der Waals surface area contributed by atoms with Crippen LogP contribution in [0.1, 0.15) is 140 Å². The van der Waals surface area contributed by atoms with Crippen LogP contribution < -0.4 is 10.3 Å². The van der Waals surface area contributed by atoms with Gasteiger partial charge in [-0.05, 0) is 62.2 Å². The molecule has 3 fully saturated rings. The van der Waals surface area contributed by atoms with Gasteiger partial charge in [-0.3, -0.25) is 9.05 Å². The van der Waals surface area contributed by atoms with Crippen molar-refractivity contribution >= 4 is 42.4 Å². The third-order valence-corrected chi connectivity index (χ3v) is 14.8. The van der Waals surface area contributed by atoms with Crippen molar-refractivity contribution in [1.82, 2.24) is 14.6 Å². The average Bonchev–Trinajstić information content (AvgIpc) is 3.63. The Balaban J connectivity index is 0.975. The fourth-order valence-corrected chi connectivity index (χ4v) is 11.2. The first-order valence-electron chi connectivity index (χ1n) is 24.2. The third kappa shape index (κ3) is 12.4. The zero-order chi connectivity index (χ0) is 48.2. The number of hydrogen-bond donors (Lipinski definition) is 1. The van der Waals surface area contributed by atoms with Crippen molar-refractivity contribution < 1.29 is 41.8 Å². The van der Waals surface area contributed by atoms with Gasteiger partial charge in [0.1, 0.15) is 54.1 Å². The van der Waals surface area contributed by atoms with Crippen molar-refractivity contribution in [3.05, 3.63) is 87.8 Å². The fraction of sp³-hybridized carbons (Fsp3) is 0.600. The number of nitrogens with two attached hydrogens (primary N) is 1. The lowest BCUT2D eigenvalue weighted by atomic mass is 9.90. The number of halogens is 2. The molecule has 0 bridgehead atoms. The zero-order valence-corrected chi connectivity index (χ0v) is 41.8. The fourth-order valence-electron chi connectivity index (χ4n) is 9.24. The molecule has 1 aliphatic carbocycles. The van der Waals surface area contributed by atoms with E-state index in [1.165, 1.54) is 94.3 Å². The van der Waals surface area contributed by atoms with E-state index in [2.05, 4.69) is 29.1 Å². The number of ether oxygens (including phenoxy) is 5. The summed E-state index contributed by atoms with van der Waals surface area (Å²) in [5, 5.41) is 25.1. The number of phosphoric ester groups is 1. The van der Waals surface area contributed by atoms with E-state index >= 15 is 4.57 Å². The van der Waals surface area contributed by atoms with Crippen LogP contribution in [0.15, 0.2) is 60.9 Å². The first-order valence-corrected chi connectivity index (χ1v) is 26.4. The molecule has 368 valence electrons. The first-order chi connectivity index (χ1) is 32.9. The summed E-state index contributed by atoms with van der Waals surface area (Å²) in [6.45, 7) is 6.09. The van der Waals surface area contributed by atoms with Crippen LogP contribution in [0.4, 0.5) is 5.82 Å². The number of hydrogen-bond acceptors (Lipinski definition) is 14. The molecule has 7 atom stereocenters. The van der Waals surface area contributed by atoms with Gasteiger partial charge >= 0.3 is 7.82 Å². The van der Waals surface area contributed by atoms with Crippen molar-refractivity contribution in [3.63, 3.8) is 0 Å². The normalized spacial score (nSPS) is 23.7. The lowest BCUT2D eigenvalue weighted by molar-refractivity contribution is -0.188. The van der Waals surface area contributed by atoms with E-state index in [0.717, 1.165) is 19.3 Å². The summed E-state index contributed by atoms with van der Waals surface area (Å²) in [5.74, 6) is -0.944. The molecule has 2 aromatic heterocycles. The number of nitrogens with zero attached hydrogens (tertiary/aromatic N) is 5. The van der Waals surface area contributed by atoms with Crippen LogP contribution in [0, 0.1) is 22.7 Å². The lowest BCUT2D eigenvalue weighted by Crippen LogP contribution is -2.46. The highest BCUT2D eigenvalue weighted by molar-refractivity contribution is 7.49. The molecular weight excluding hydrogens is 930 g/mol. The molecule has 15 nitrogen and oxygen atoms in total. The summed E-state index contributed by atoms with van der Waals surface area (Å²) in [5.41, 5.74) is 4.86. The predicted molar refractivity (Wildman–Crippen MR) is 258 cm³/mol. The molecule has 4 aromatic rings. The molecule has 1 saturated carbocycles. The maximum Gasteiger partial charge on any atom is 0.530 e. The number of aromatic nitrogens is 3. The van der Waals surface area contributed by atoms with Gasteiger partial charge in [-0.25, -0.2) is 14.1 Å². The van der Waals surface area contributed by atoms with Crippen molar-refractivity contribution in [2.24, 2.45) is 0 Å². The van der Waals surface area contributed by atoms with Crippen LogP contribution in [0.5, 0.6) is 5.75 Å². The number of unbranched alkanes of at least 4 members (excludes halogenated alkanes) is 15. The molecule has 68 heavy (non-hydrogen) atoms. The summed E-state index contributed by atoms with van der Waals surface area (Å²) >= 11 is 12.9. The molecule has 2 aromatic carbocycles. The number of para-hydroxylation sites is 1. The Morgan fingerprint density at radius 3 is 2.19 bits per heavy atom. The SMILES string of the molecule is CCCCCCCCCCCCCCCCCCOC[C@H](COP(=O)(Oc1ccccc1Cl)OC1[C@H]2O[C@@](C#N)(c3ccc4c(N)ncnn34)[C@@H]3OC(C)(C)O[C@]123)OCc1ccc(C#N)c(Cl)c1. The lowest BCUT2D eigenvalue weighted by Gasteiger charge is -2.31. The highest BCUT2D eigenvalue weighted by Gasteiger charge is 2.89. The second-order valence-electron chi connectivity index (χ2n) is 18.4. The van der Waals surface area contributed by atoms with Gasteiger partial charge < -0.3 is 33.9 Å². The van der Waals surface area contributed by atoms with Crippen LogP contribution >= 0.6 is 31.0 Å². The second kappa shape index (κ2) is 23.9. The number of benzene rings is 2. The number of nitrogen functional groups attached to an aromatic ring is 1. The second-order valence-corrected chi connectivity index (χ2v) is 20.8. The Labute approximate surface area is 410 Å². The van der Waals surface area contributed by atoms with Crippen molar-refractivity contribution in [3.8, 4) is 17.9 Å². The highest BCUT2D eigenvalue weighted by atomic mass is 35.5. The van der Waals surface area contributed by atoms with Crippen molar-refractivity contribution in [2.75, 3.05) is 25.6 Å². The molecule has 2 N–H and O–H groups in total. The predicted octanol–water partition coefficient (Wildman–Crippen LogP) is 12.0. The van der Waals surface area contributed by atoms with Gasteiger partial charge in [0, 0.05) is 6.61 Å². The largest absolute Gasteiger partial charge is 0.530 e. The summed E-state index contributed by atoms with van der Waals surface area (Å²) in [4.78, 5) is 4.07. The van der Waals surface area contributed by atoms with Crippen LogP contribution in [-0.2, 0) is 49.5 Å². The van der Waals surface area contributed by atoms with Gasteiger partial charge in [-0.1, -0.05) is 145 Å². The quantitative estimate of drug-likeness (QED) is 0.0383. The minimum Gasteiger partial charge on any atom is -0.402 e. The number of anilines is 1. The molecule has 18 heteroatoms. The van der Waals surface area contributed by atoms with E-state index in [1.807, 2.05) is 0 Å². The molecule has 0 radical (unpaired) electrons. The minimum absolute atomic E-state index is 0.0509. The molecule has 3 aliphatic rings. The van der Waals surface area contributed by atoms with Gasteiger partial charge in [0.2, 0.25) is 5.60 Å². The highest BCUT2D eigenvalue weighted by Crippen LogP contribution is 2.70.